The standard InChI is InChI=1S/C18H29NO2/c1-6-9-21-18-11-16(7-8-17(18)20-5)10-15(4)13-19-12-14(2)3/h7-8,10-11,14,19H,6,9,12-13H2,1-5H3. The molecule has 0 heterocycles. The normalized spacial score (nSPS) is 11.8. The second kappa shape index (κ2) is 9.46. The van der Waals surface area contributed by atoms with Gasteiger partial charge in [-0.05, 0) is 43.5 Å². The quantitative estimate of drug-likeness (QED) is 0.742. The number of ether oxygens (including phenoxy) is 2. The van der Waals surface area contributed by atoms with Crippen LogP contribution in [0.4, 0.5) is 0 Å². The highest BCUT2D eigenvalue weighted by molar-refractivity contribution is 5.58. The maximum absolute atomic E-state index is 5.74. The van der Waals surface area contributed by atoms with Crippen LogP contribution in [0.5, 0.6) is 11.5 Å². The second-order valence-corrected chi connectivity index (χ2v) is 5.77. The SMILES string of the molecule is CCCOc1cc(C=C(C)CNCC(C)C)ccc1OC. The van der Waals surface area contributed by atoms with Gasteiger partial charge < -0.3 is 14.8 Å². The zero-order valence-electron chi connectivity index (χ0n) is 14.0. The fourth-order valence-corrected chi connectivity index (χ4v) is 2.00. The van der Waals surface area contributed by atoms with Crippen molar-refractivity contribution in [3.05, 3.63) is 29.3 Å². The van der Waals surface area contributed by atoms with Gasteiger partial charge in [0.25, 0.3) is 0 Å². The topological polar surface area (TPSA) is 30.5 Å². The third-order valence-corrected chi connectivity index (χ3v) is 3.02. The lowest BCUT2D eigenvalue weighted by Gasteiger charge is -2.11. The van der Waals surface area contributed by atoms with Gasteiger partial charge in [-0.1, -0.05) is 38.5 Å². The Bertz CT molecular complexity index is 453. The molecule has 0 spiro atoms. The van der Waals surface area contributed by atoms with E-state index in [1.165, 1.54) is 5.57 Å². The van der Waals surface area contributed by atoms with Gasteiger partial charge in [0.1, 0.15) is 0 Å². The zero-order chi connectivity index (χ0) is 15.7. The number of benzene rings is 1. The van der Waals surface area contributed by atoms with Crippen molar-refractivity contribution in [1.29, 1.82) is 0 Å². The summed E-state index contributed by atoms with van der Waals surface area (Å²) in [5, 5.41) is 3.45. The summed E-state index contributed by atoms with van der Waals surface area (Å²) in [4.78, 5) is 0. The van der Waals surface area contributed by atoms with E-state index in [0.29, 0.717) is 12.5 Å². The van der Waals surface area contributed by atoms with Crippen molar-refractivity contribution >= 4 is 6.08 Å². The highest BCUT2D eigenvalue weighted by Gasteiger charge is 2.05. The first-order valence-electron chi connectivity index (χ1n) is 7.75. The number of nitrogens with one attached hydrogen (secondary N) is 1. The molecule has 3 heteroatoms. The van der Waals surface area contributed by atoms with Crippen LogP contribution in [0, 0.1) is 5.92 Å². The molecule has 0 aromatic heterocycles. The smallest absolute Gasteiger partial charge is 0.161 e. The van der Waals surface area contributed by atoms with Crippen LogP contribution in [-0.2, 0) is 0 Å². The Balaban J connectivity index is 2.73. The second-order valence-electron chi connectivity index (χ2n) is 5.77. The number of hydrogen-bond acceptors (Lipinski definition) is 3. The monoisotopic (exact) mass is 291 g/mol. The fraction of sp³-hybridized carbons (Fsp3) is 0.556. The molecule has 0 saturated carbocycles. The molecule has 1 aromatic rings. The molecule has 1 N–H and O–H groups in total. The van der Waals surface area contributed by atoms with Crippen LogP contribution in [-0.4, -0.2) is 26.8 Å². The highest BCUT2D eigenvalue weighted by Crippen LogP contribution is 2.29. The van der Waals surface area contributed by atoms with Gasteiger partial charge in [-0.15, -0.1) is 0 Å². The van der Waals surface area contributed by atoms with Gasteiger partial charge in [-0.3, -0.25) is 0 Å². The molecule has 0 aliphatic rings. The molecule has 1 rings (SSSR count). The summed E-state index contributed by atoms with van der Waals surface area (Å²) in [6.07, 6.45) is 3.17. The van der Waals surface area contributed by atoms with Gasteiger partial charge in [0.15, 0.2) is 11.5 Å². The van der Waals surface area contributed by atoms with Gasteiger partial charge in [0.2, 0.25) is 0 Å². The van der Waals surface area contributed by atoms with Crippen molar-refractivity contribution in [2.75, 3.05) is 26.8 Å². The average molecular weight is 291 g/mol. The Morgan fingerprint density at radius 1 is 1.29 bits per heavy atom. The van der Waals surface area contributed by atoms with Crippen LogP contribution in [0.15, 0.2) is 23.8 Å². The Kier molecular flexibility index (Phi) is 7.91. The van der Waals surface area contributed by atoms with E-state index >= 15 is 0 Å². The van der Waals surface area contributed by atoms with Crippen molar-refractivity contribution in [3.63, 3.8) is 0 Å². The van der Waals surface area contributed by atoms with E-state index in [9.17, 15) is 0 Å². The van der Waals surface area contributed by atoms with Crippen LogP contribution >= 0.6 is 0 Å². The third-order valence-electron chi connectivity index (χ3n) is 3.02. The summed E-state index contributed by atoms with van der Waals surface area (Å²) in [6.45, 7) is 11.3. The number of hydrogen-bond donors (Lipinski definition) is 1. The molecule has 3 nitrogen and oxygen atoms in total. The molecular formula is C18H29NO2. The van der Waals surface area contributed by atoms with Crippen molar-refractivity contribution in [1.82, 2.24) is 5.32 Å². The number of rotatable bonds is 9. The van der Waals surface area contributed by atoms with E-state index in [0.717, 1.165) is 36.6 Å². The molecule has 0 radical (unpaired) electrons. The molecular weight excluding hydrogens is 262 g/mol. The summed E-state index contributed by atoms with van der Waals surface area (Å²) >= 11 is 0. The van der Waals surface area contributed by atoms with Crippen LogP contribution in [0.3, 0.4) is 0 Å². The van der Waals surface area contributed by atoms with Crippen molar-refractivity contribution < 1.29 is 9.47 Å². The van der Waals surface area contributed by atoms with Crippen LogP contribution < -0.4 is 14.8 Å². The van der Waals surface area contributed by atoms with Crippen molar-refractivity contribution in [3.8, 4) is 11.5 Å². The van der Waals surface area contributed by atoms with Crippen LogP contribution in [0.1, 0.15) is 39.7 Å². The predicted molar refractivity (Wildman–Crippen MR) is 90.1 cm³/mol. The lowest BCUT2D eigenvalue weighted by molar-refractivity contribution is 0.294. The zero-order valence-corrected chi connectivity index (χ0v) is 14.0. The van der Waals surface area contributed by atoms with Crippen molar-refractivity contribution in [2.24, 2.45) is 5.92 Å². The molecule has 0 aliphatic heterocycles. The van der Waals surface area contributed by atoms with Gasteiger partial charge in [0.05, 0.1) is 13.7 Å². The van der Waals surface area contributed by atoms with Crippen LogP contribution in [0.25, 0.3) is 6.08 Å². The molecule has 0 atom stereocenters. The Morgan fingerprint density at radius 2 is 2.05 bits per heavy atom. The lowest BCUT2D eigenvalue weighted by atomic mass is 10.1. The maximum atomic E-state index is 5.74. The Morgan fingerprint density at radius 3 is 2.67 bits per heavy atom. The summed E-state index contributed by atoms with van der Waals surface area (Å²) < 4.78 is 11.1. The molecule has 0 amide bonds. The first kappa shape index (κ1) is 17.6. The first-order valence-corrected chi connectivity index (χ1v) is 7.75. The third kappa shape index (κ3) is 6.67. The van der Waals surface area contributed by atoms with Gasteiger partial charge in [0, 0.05) is 6.54 Å². The summed E-state index contributed by atoms with van der Waals surface area (Å²) in [5.41, 5.74) is 2.45. The molecule has 0 unspecified atom stereocenters. The average Bonchev–Trinajstić information content (AvgIpc) is 2.44. The van der Waals surface area contributed by atoms with Gasteiger partial charge in [-0.2, -0.15) is 0 Å². The van der Waals surface area contributed by atoms with E-state index in [-0.39, 0.29) is 0 Å². The molecule has 0 bridgehead atoms. The van der Waals surface area contributed by atoms with Gasteiger partial charge >= 0.3 is 0 Å². The summed E-state index contributed by atoms with van der Waals surface area (Å²) in [6, 6.07) is 6.07. The minimum Gasteiger partial charge on any atom is -0.493 e. The first-order chi connectivity index (χ1) is 10.1. The summed E-state index contributed by atoms with van der Waals surface area (Å²) in [5.74, 6) is 2.28. The van der Waals surface area contributed by atoms with E-state index in [4.69, 9.17) is 9.47 Å². The molecule has 118 valence electrons. The number of methoxy groups -OCH3 is 1. The Labute approximate surface area is 129 Å². The van der Waals surface area contributed by atoms with E-state index < -0.39 is 0 Å². The lowest BCUT2D eigenvalue weighted by Crippen LogP contribution is -2.21. The van der Waals surface area contributed by atoms with Gasteiger partial charge in [-0.25, -0.2) is 0 Å². The van der Waals surface area contributed by atoms with E-state index in [2.05, 4.69) is 45.2 Å². The van der Waals surface area contributed by atoms with Crippen LogP contribution in [0.2, 0.25) is 0 Å². The van der Waals surface area contributed by atoms with E-state index in [1.807, 2.05) is 12.1 Å². The molecule has 21 heavy (non-hydrogen) atoms. The molecule has 1 aromatic carbocycles. The largest absolute Gasteiger partial charge is 0.493 e. The Hall–Kier alpha value is -1.48. The molecule has 0 saturated heterocycles. The highest BCUT2D eigenvalue weighted by atomic mass is 16.5. The van der Waals surface area contributed by atoms with Crippen molar-refractivity contribution in [2.45, 2.75) is 34.1 Å². The molecule has 0 aliphatic carbocycles. The van der Waals surface area contributed by atoms with E-state index in [1.54, 1.807) is 7.11 Å². The predicted octanol–water partition coefficient (Wildman–Crippen LogP) is 4.13. The maximum Gasteiger partial charge on any atom is 0.161 e. The minimum atomic E-state index is 0.674. The fourth-order valence-electron chi connectivity index (χ4n) is 2.00. The molecule has 0 fully saturated rings. The summed E-state index contributed by atoms with van der Waals surface area (Å²) in [7, 11) is 1.67. The minimum absolute atomic E-state index is 0.674.